The SMILES string of the molecule is CCOc1ccc(-c2[nH]nc3c2[C@@H](c2ccccc2)C(C#N)=C(N)O3)cc1OC. The van der Waals surface area contributed by atoms with E-state index in [1.807, 2.05) is 55.5 Å². The van der Waals surface area contributed by atoms with E-state index in [0.29, 0.717) is 29.6 Å². The zero-order valence-electron chi connectivity index (χ0n) is 16.1. The zero-order chi connectivity index (χ0) is 20.4. The van der Waals surface area contributed by atoms with Crippen LogP contribution in [0.15, 0.2) is 60.0 Å². The van der Waals surface area contributed by atoms with Gasteiger partial charge < -0.3 is 19.9 Å². The summed E-state index contributed by atoms with van der Waals surface area (Å²) in [7, 11) is 1.59. The molecule has 0 saturated carbocycles. The predicted octanol–water partition coefficient (Wildman–Crippen LogP) is 3.70. The summed E-state index contributed by atoms with van der Waals surface area (Å²) in [6.07, 6.45) is 0. The lowest BCUT2D eigenvalue weighted by Crippen LogP contribution is -2.20. The topological polar surface area (TPSA) is 106 Å². The van der Waals surface area contributed by atoms with Crippen molar-refractivity contribution in [3.8, 4) is 34.7 Å². The van der Waals surface area contributed by atoms with Crippen LogP contribution in [0.2, 0.25) is 0 Å². The second kappa shape index (κ2) is 7.60. The maximum Gasteiger partial charge on any atom is 0.244 e. The number of rotatable bonds is 5. The molecule has 0 bridgehead atoms. The molecule has 0 saturated heterocycles. The zero-order valence-corrected chi connectivity index (χ0v) is 16.1. The van der Waals surface area contributed by atoms with E-state index in [2.05, 4.69) is 16.3 Å². The average molecular weight is 388 g/mol. The van der Waals surface area contributed by atoms with Crippen LogP contribution in [0.5, 0.6) is 17.4 Å². The summed E-state index contributed by atoms with van der Waals surface area (Å²) < 4.78 is 16.7. The number of ether oxygens (including phenoxy) is 3. The van der Waals surface area contributed by atoms with E-state index in [0.717, 1.165) is 22.4 Å². The number of hydrogen-bond donors (Lipinski definition) is 2. The lowest BCUT2D eigenvalue weighted by Gasteiger charge is -2.24. The van der Waals surface area contributed by atoms with Crippen molar-refractivity contribution in [1.82, 2.24) is 10.2 Å². The van der Waals surface area contributed by atoms with Crippen molar-refractivity contribution >= 4 is 0 Å². The Bertz CT molecular complexity index is 1110. The molecule has 3 N–H and O–H groups in total. The lowest BCUT2D eigenvalue weighted by atomic mass is 9.83. The van der Waals surface area contributed by atoms with Gasteiger partial charge in [0.2, 0.25) is 11.8 Å². The van der Waals surface area contributed by atoms with Crippen LogP contribution in [0.1, 0.15) is 24.0 Å². The van der Waals surface area contributed by atoms with Crippen LogP contribution >= 0.6 is 0 Å². The molecular weight excluding hydrogens is 368 g/mol. The van der Waals surface area contributed by atoms with Crippen LogP contribution in [-0.2, 0) is 0 Å². The van der Waals surface area contributed by atoms with Crippen molar-refractivity contribution in [1.29, 1.82) is 5.26 Å². The van der Waals surface area contributed by atoms with Crippen LogP contribution < -0.4 is 19.9 Å². The van der Waals surface area contributed by atoms with Gasteiger partial charge in [0.05, 0.1) is 30.9 Å². The van der Waals surface area contributed by atoms with Gasteiger partial charge in [-0.15, -0.1) is 5.10 Å². The van der Waals surface area contributed by atoms with Crippen molar-refractivity contribution in [2.45, 2.75) is 12.8 Å². The smallest absolute Gasteiger partial charge is 0.244 e. The van der Waals surface area contributed by atoms with Crippen molar-refractivity contribution in [2.75, 3.05) is 13.7 Å². The van der Waals surface area contributed by atoms with Crippen LogP contribution in [0, 0.1) is 11.3 Å². The van der Waals surface area contributed by atoms with Gasteiger partial charge in [0.15, 0.2) is 11.5 Å². The third-order valence-corrected chi connectivity index (χ3v) is 4.82. The molecule has 2 aromatic carbocycles. The number of aromatic nitrogens is 2. The van der Waals surface area contributed by atoms with E-state index in [-0.39, 0.29) is 5.88 Å². The first-order valence-corrected chi connectivity index (χ1v) is 9.19. The van der Waals surface area contributed by atoms with Crippen LogP contribution in [-0.4, -0.2) is 23.9 Å². The monoisotopic (exact) mass is 388 g/mol. The van der Waals surface area contributed by atoms with Crippen molar-refractivity contribution in [2.24, 2.45) is 5.73 Å². The first-order chi connectivity index (χ1) is 14.2. The van der Waals surface area contributed by atoms with Gasteiger partial charge >= 0.3 is 0 Å². The highest BCUT2D eigenvalue weighted by Crippen LogP contribution is 2.46. The molecule has 0 spiro atoms. The number of nitrogens with one attached hydrogen (secondary N) is 1. The van der Waals surface area contributed by atoms with E-state index in [1.165, 1.54) is 0 Å². The Morgan fingerprint density at radius 1 is 1.21 bits per heavy atom. The second-order valence-corrected chi connectivity index (χ2v) is 6.45. The van der Waals surface area contributed by atoms with E-state index in [9.17, 15) is 5.26 Å². The Hall–Kier alpha value is -3.92. The number of benzene rings is 2. The number of allylic oxidation sites excluding steroid dienone is 1. The maximum atomic E-state index is 9.76. The number of nitrogens with zero attached hydrogens (tertiary/aromatic N) is 2. The molecule has 4 rings (SSSR count). The Kier molecular flexibility index (Phi) is 4.83. The van der Waals surface area contributed by atoms with Crippen LogP contribution in [0.4, 0.5) is 0 Å². The fourth-order valence-corrected chi connectivity index (χ4v) is 3.54. The summed E-state index contributed by atoms with van der Waals surface area (Å²) in [6, 6.07) is 17.5. The highest BCUT2D eigenvalue weighted by atomic mass is 16.5. The fraction of sp³-hybridized carbons (Fsp3) is 0.182. The minimum Gasteiger partial charge on any atom is -0.493 e. The molecule has 3 aromatic rings. The molecule has 0 radical (unpaired) electrons. The first kappa shape index (κ1) is 18.4. The summed E-state index contributed by atoms with van der Waals surface area (Å²) in [5.74, 6) is 1.30. The number of fused-ring (bicyclic) bond motifs is 1. The molecule has 1 aliphatic heterocycles. The first-order valence-electron chi connectivity index (χ1n) is 9.19. The second-order valence-electron chi connectivity index (χ2n) is 6.45. The summed E-state index contributed by atoms with van der Waals surface area (Å²) in [4.78, 5) is 0. The normalized spacial score (nSPS) is 15.3. The standard InChI is InChI=1S/C22H20N4O3/c1-3-28-16-10-9-14(11-17(16)27-2)20-19-18(13-7-5-4-6-8-13)15(12-23)21(24)29-22(19)26-25-20/h4-11,18H,3,24H2,1-2H3,(H,25,26)/t18-/m0/s1. The number of nitriles is 1. The van der Waals surface area contributed by atoms with Gasteiger partial charge in [-0.3, -0.25) is 5.10 Å². The Balaban J connectivity index is 1.89. The summed E-state index contributed by atoms with van der Waals surface area (Å²) in [6.45, 7) is 2.45. The number of H-pyrrole nitrogens is 1. The molecule has 0 amide bonds. The van der Waals surface area contributed by atoms with E-state index < -0.39 is 5.92 Å². The van der Waals surface area contributed by atoms with Gasteiger partial charge in [0.25, 0.3) is 0 Å². The van der Waals surface area contributed by atoms with Crippen molar-refractivity contribution < 1.29 is 14.2 Å². The summed E-state index contributed by atoms with van der Waals surface area (Å²) >= 11 is 0. The Morgan fingerprint density at radius 3 is 2.69 bits per heavy atom. The van der Waals surface area contributed by atoms with E-state index in [4.69, 9.17) is 19.9 Å². The molecule has 0 aliphatic carbocycles. The average Bonchev–Trinajstić information content (AvgIpc) is 3.17. The largest absolute Gasteiger partial charge is 0.493 e. The molecule has 7 heteroatoms. The highest BCUT2D eigenvalue weighted by molar-refractivity contribution is 5.72. The maximum absolute atomic E-state index is 9.76. The van der Waals surface area contributed by atoms with Gasteiger partial charge in [-0.25, -0.2) is 0 Å². The van der Waals surface area contributed by atoms with Gasteiger partial charge in [0, 0.05) is 5.56 Å². The molecule has 1 aromatic heterocycles. The van der Waals surface area contributed by atoms with Crippen molar-refractivity contribution in [3.63, 3.8) is 0 Å². The third-order valence-electron chi connectivity index (χ3n) is 4.82. The van der Waals surface area contributed by atoms with Gasteiger partial charge in [-0.2, -0.15) is 5.26 Å². The predicted molar refractivity (Wildman–Crippen MR) is 107 cm³/mol. The number of aromatic amines is 1. The molecule has 7 nitrogen and oxygen atoms in total. The molecule has 0 fully saturated rings. The molecule has 1 atom stereocenters. The lowest BCUT2D eigenvalue weighted by molar-refractivity contribution is 0.311. The van der Waals surface area contributed by atoms with Crippen LogP contribution in [0.3, 0.4) is 0 Å². The quantitative estimate of drug-likeness (QED) is 0.690. The van der Waals surface area contributed by atoms with Crippen LogP contribution in [0.25, 0.3) is 11.3 Å². The summed E-state index contributed by atoms with van der Waals surface area (Å²) in [5, 5.41) is 17.1. The molecular formula is C22H20N4O3. The van der Waals surface area contributed by atoms with Gasteiger partial charge in [0.1, 0.15) is 11.6 Å². The minimum absolute atomic E-state index is 0.0659. The van der Waals surface area contributed by atoms with Gasteiger partial charge in [-0.1, -0.05) is 30.3 Å². The molecule has 0 unspecified atom stereocenters. The van der Waals surface area contributed by atoms with E-state index >= 15 is 0 Å². The molecule has 1 aliphatic rings. The van der Waals surface area contributed by atoms with Gasteiger partial charge in [-0.05, 0) is 30.7 Å². The minimum atomic E-state index is -0.392. The third kappa shape index (κ3) is 3.15. The Labute approximate surface area is 168 Å². The van der Waals surface area contributed by atoms with E-state index in [1.54, 1.807) is 7.11 Å². The number of methoxy groups -OCH3 is 1. The Morgan fingerprint density at radius 2 is 2.00 bits per heavy atom. The molecule has 29 heavy (non-hydrogen) atoms. The molecule has 146 valence electrons. The summed E-state index contributed by atoms with van der Waals surface area (Å²) in [5.41, 5.74) is 9.63. The highest BCUT2D eigenvalue weighted by Gasteiger charge is 2.35. The van der Waals surface area contributed by atoms with Crippen molar-refractivity contribution in [3.05, 3.63) is 71.1 Å². The fourth-order valence-electron chi connectivity index (χ4n) is 3.54. The number of nitrogens with two attached hydrogens (primary N) is 1. The number of hydrogen-bond acceptors (Lipinski definition) is 6. The molecule has 2 heterocycles.